The molecule has 66 heavy (non-hydrogen) atoms. The highest BCUT2D eigenvalue weighted by atomic mass is 32.2. The number of hydrogen-bond donors (Lipinski definition) is 4. The van der Waals surface area contributed by atoms with Crippen LogP contribution in [0.1, 0.15) is 194 Å². The summed E-state index contributed by atoms with van der Waals surface area (Å²) in [4.78, 5) is 25.5. The molecule has 12 nitrogen and oxygen atoms in total. The highest BCUT2D eigenvalue weighted by Gasteiger charge is 2.46. The van der Waals surface area contributed by atoms with Gasteiger partial charge in [0.15, 0.2) is 12.4 Å². The molecule has 0 aromatic rings. The lowest BCUT2D eigenvalue weighted by atomic mass is 10.00. The zero-order valence-electron chi connectivity index (χ0n) is 40.8. The number of carbonyl (C=O) groups is 2. The fraction of sp³-hybridized carbons (Fsp3) is 0.736. The van der Waals surface area contributed by atoms with Gasteiger partial charge in [-0.2, -0.15) is 8.42 Å². The first-order valence-electron chi connectivity index (χ1n) is 25.5. The van der Waals surface area contributed by atoms with Crippen molar-refractivity contribution in [2.24, 2.45) is 0 Å². The van der Waals surface area contributed by atoms with Crippen LogP contribution in [0.4, 0.5) is 0 Å². The normalized spacial score (nSPS) is 20.0. The smallest absolute Gasteiger partial charge is 0.306 e. The van der Waals surface area contributed by atoms with Gasteiger partial charge in [-0.15, -0.1) is 0 Å². The molecule has 0 spiro atoms. The molecule has 1 saturated heterocycles. The van der Waals surface area contributed by atoms with Gasteiger partial charge in [-0.1, -0.05) is 202 Å². The Kier molecular flexibility index (Phi) is 39.1. The van der Waals surface area contributed by atoms with E-state index in [-0.39, 0.29) is 19.4 Å². The molecule has 4 N–H and O–H groups in total. The van der Waals surface area contributed by atoms with E-state index >= 15 is 0 Å². The summed E-state index contributed by atoms with van der Waals surface area (Å²) in [7, 11) is -4.62. The molecule has 0 aromatic heterocycles. The van der Waals surface area contributed by atoms with Crippen molar-refractivity contribution in [1.29, 1.82) is 0 Å². The number of aliphatic hydroxyl groups excluding tert-OH is 3. The zero-order valence-corrected chi connectivity index (χ0v) is 41.6. The molecular weight excluding hydrogens is 861 g/mol. The number of rotatable bonds is 42. The van der Waals surface area contributed by atoms with Gasteiger partial charge >= 0.3 is 11.9 Å². The van der Waals surface area contributed by atoms with Crippen molar-refractivity contribution in [1.82, 2.24) is 0 Å². The van der Waals surface area contributed by atoms with Crippen LogP contribution in [0.3, 0.4) is 0 Å². The van der Waals surface area contributed by atoms with E-state index in [1.54, 1.807) is 0 Å². The van der Waals surface area contributed by atoms with Crippen molar-refractivity contribution in [3.8, 4) is 0 Å². The van der Waals surface area contributed by atoms with Gasteiger partial charge in [-0.3, -0.25) is 14.1 Å². The van der Waals surface area contributed by atoms with Crippen LogP contribution in [0.15, 0.2) is 72.9 Å². The van der Waals surface area contributed by atoms with Crippen molar-refractivity contribution in [2.75, 3.05) is 19.0 Å². The second-order valence-corrected chi connectivity index (χ2v) is 19.0. The van der Waals surface area contributed by atoms with E-state index in [0.717, 1.165) is 51.4 Å². The van der Waals surface area contributed by atoms with E-state index in [0.29, 0.717) is 19.3 Å². The molecule has 0 radical (unpaired) electrons. The zero-order chi connectivity index (χ0) is 48.4. The Bertz CT molecular complexity index is 1490. The second-order valence-electron chi connectivity index (χ2n) is 17.5. The predicted octanol–water partition coefficient (Wildman–Crippen LogP) is 11.5. The first-order valence-corrected chi connectivity index (χ1v) is 27.1. The first kappa shape index (κ1) is 61.1. The van der Waals surface area contributed by atoms with Crippen LogP contribution < -0.4 is 0 Å². The molecule has 0 aromatic carbocycles. The average Bonchev–Trinajstić information content (AvgIpc) is 3.28. The number of unbranched alkanes of at least 4 members (excludes halogenated alkanes) is 18. The van der Waals surface area contributed by atoms with Crippen molar-refractivity contribution in [2.45, 2.75) is 230 Å². The summed E-state index contributed by atoms with van der Waals surface area (Å²) in [6.07, 6.45) is 45.3. The maximum Gasteiger partial charge on any atom is 0.306 e. The predicted molar refractivity (Wildman–Crippen MR) is 265 cm³/mol. The SMILES string of the molecule is CC/C=C/C/C=C/C/C=C/C/C=C/C/C=C/C/C=C/CCC(=O)O[C@H](COC(=O)CCCCCCCCCCCCCCCCCCCCC)CO[C@H]1O[C@H](CS(=O)(=O)O)[C@@H](O)C(O)C1O. The van der Waals surface area contributed by atoms with Gasteiger partial charge in [-0.25, -0.2) is 0 Å². The summed E-state index contributed by atoms with van der Waals surface area (Å²) in [6.45, 7) is 3.61. The quantitative estimate of drug-likeness (QED) is 0.0197. The fourth-order valence-corrected chi connectivity index (χ4v) is 8.10. The Morgan fingerprint density at radius 2 is 0.955 bits per heavy atom. The van der Waals surface area contributed by atoms with E-state index in [1.165, 1.54) is 96.3 Å². The lowest BCUT2D eigenvalue weighted by Crippen LogP contribution is -2.60. The van der Waals surface area contributed by atoms with Crippen LogP contribution in [-0.2, 0) is 38.7 Å². The van der Waals surface area contributed by atoms with Gasteiger partial charge in [0.25, 0.3) is 10.1 Å². The highest BCUT2D eigenvalue weighted by molar-refractivity contribution is 7.85. The van der Waals surface area contributed by atoms with Gasteiger partial charge in [0.05, 0.1) is 6.61 Å². The third-order valence-corrected chi connectivity index (χ3v) is 12.1. The third kappa shape index (κ3) is 36.2. The van der Waals surface area contributed by atoms with Crippen LogP contribution in [0.5, 0.6) is 0 Å². The molecule has 0 saturated carbocycles. The molecule has 1 aliphatic heterocycles. The van der Waals surface area contributed by atoms with E-state index in [9.17, 15) is 37.9 Å². The highest BCUT2D eigenvalue weighted by Crippen LogP contribution is 2.24. The number of esters is 2. The Morgan fingerprint density at radius 3 is 1.39 bits per heavy atom. The van der Waals surface area contributed by atoms with Crippen LogP contribution in [0.2, 0.25) is 0 Å². The minimum atomic E-state index is -4.62. The summed E-state index contributed by atoms with van der Waals surface area (Å²) < 4.78 is 54.1. The van der Waals surface area contributed by atoms with Gasteiger partial charge in [0.2, 0.25) is 0 Å². The van der Waals surface area contributed by atoms with E-state index < -0.39 is 71.2 Å². The largest absolute Gasteiger partial charge is 0.462 e. The standard InChI is InChI=1S/C53H90O12S/c1-3-5-7-9-11-13-15-17-19-21-23-25-27-29-31-33-35-37-39-41-48(54)62-43-46(44-63-53-52(58)51(57)50(56)47(65-53)45-66(59,60)61)64-49(55)42-40-38-36-34-32-30-28-26-24-22-20-18-16-14-12-10-8-6-4-2/h6,8,12,14,18,20,24,26,30,32,36,38,46-47,50-53,56-58H,3-5,7,9-11,13,15-17,19,21-23,25,27-29,31,33-35,37,39-45H2,1-2H3,(H,59,60,61)/b8-6+,14-12+,20-18+,26-24+,32-30+,38-36+/t46-,47-,50-,51?,52?,53+/m1/s1. The minimum Gasteiger partial charge on any atom is -0.462 e. The van der Waals surface area contributed by atoms with Crippen molar-refractivity contribution in [3.63, 3.8) is 0 Å². The molecular formula is C53H90O12S. The number of aliphatic hydroxyl groups is 3. The summed E-state index contributed by atoms with van der Waals surface area (Å²) in [5, 5.41) is 31.0. The van der Waals surface area contributed by atoms with E-state index in [1.807, 2.05) is 18.2 Å². The van der Waals surface area contributed by atoms with E-state index in [2.05, 4.69) is 68.5 Å². The topological polar surface area (TPSA) is 186 Å². The maximum absolute atomic E-state index is 12.8. The number of allylic oxidation sites excluding steroid dienone is 12. The summed E-state index contributed by atoms with van der Waals surface area (Å²) in [5.41, 5.74) is 0. The summed E-state index contributed by atoms with van der Waals surface area (Å²) >= 11 is 0. The monoisotopic (exact) mass is 951 g/mol. The number of hydrogen-bond acceptors (Lipinski definition) is 11. The maximum atomic E-state index is 12.8. The molecule has 1 heterocycles. The molecule has 0 aliphatic carbocycles. The molecule has 6 atom stereocenters. The molecule has 13 heteroatoms. The molecule has 1 aliphatic rings. The third-order valence-electron chi connectivity index (χ3n) is 11.3. The van der Waals surface area contributed by atoms with Crippen LogP contribution in [0, 0.1) is 0 Å². The number of ether oxygens (including phenoxy) is 4. The van der Waals surface area contributed by atoms with Crippen molar-refractivity contribution >= 4 is 22.1 Å². The summed E-state index contributed by atoms with van der Waals surface area (Å²) in [6, 6.07) is 0. The number of carbonyl (C=O) groups excluding carboxylic acids is 2. The van der Waals surface area contributed by atoms with Crippen molar-refractivity contribution < 1.29 is 56.8 Å². The van der Waals surface area contributed by atoms with Crippen molar-refractivity contribution in [3.05, 3.63) is 72.9 Å². The molecule has 2 unspecified atom stereocenters. The Labute approximate surface area is 399 Å². The van der Waals surface area contributed by atoms with Crippen LogP contribution >= 0.6 is 0 Å². The van der Waals surface area contributed by atoms with Crippen LogP contribution in [-0.4, -0.2) is 96.0 Å². The lowest BCUT2D eigenvalue weighted by Gasteiger charge is -2.40. The van der Waals surface area contributed by atoms with Gasteiger partial charge in [0, 0.05) is 12.8 Å². The second kappa shape index (κ2) is 42.2. The molecule has 0 amide bonds. The summed E-state index contributed by atoms with van der Waals surface area (Å²) in [5.74, 6) is -2.09. The molecule has 1 rings (SSSR count). The average molecular weight is 951 g/mol. The fourth-order valence-electron chi connectivity index (χ4n) is 7.41. The lowest BCUT2D eigenvalue weighted by molar-refractivity contribution is -0.297. The molecule has 380 valence electrons. The van der Waals surface area contributed by atoms with Gasteiger partial charge in [0.1, 0.15) is 36.8 Å². The Hall–Kier alpha value is -2.91. The van der Waals surface area contributed by atoms with E-state index in [4.69, 9.17) is 18.9 Å². The van der Waals surface area contributed by atoms with Crippen LogP contribution in [0.25, 0.3) is 0 Å². The van der Waals surface area contributed by atoms with Gasteiger partial charge in [-0.05, 0) is 51.4 Å². The molecule has 0 bridgehead atoms. The molecule has 1 fully saturated rings. The minimum absolute atomic E-state index is 0.0376. The Morgan fingerprint density at radius 1 is 0.530 bits per heavy atom. The Balaban J connectivity index is 2.43. The first-order chi connectivity index (χ1) is 32.0. The van der Waals surface area contributed by atoms with Gasteiger partial charge < -0.3 is 34.3 Å².